The van der Waals surface area contributed by atoms with E-state index in [-0.39, 0.29) is 19.0 Å². The Morgan fingerprint density at radius 3 is 2.34 bits per heavy atom. The van der Waals surface area contributed by atoms with Crippen LogP contribution in [0.3, 0.4) is 0 Å². The molecule has 0 saturated heterocycles. The van der Waals surface area contributed by atoms with Crippen molar-refractivity contribution in [2.75, 3.05) is 27.8 Å². The molecule has 0 aliphatic heterocycles. The van der Waals surface area contributed by atoms with Gasteiger partial charge in [0.25, 0.3) is 0 Å². The first-order valence-electron chi connectivity index (χ1n) is 11.7. The summed E-state index contributed by atoms with van der Waals surface area (Å²) in [6, 6.07) is 12.7. The minimum atomic E-state index is -0.194. The van der Waals surface area contributed by atoms with E-state index in [4.69, 9.17) is 23.4 Å². The summed E-state index contributed by atoms with van der Waals surface area (Å²) in [7, 11) is 3.10. The monoisotopic (exact) mass is 478 g/mol. The molecule has 0 atom stereocenters. The van der Waals surface area contributed by atoms with Crippen molar-refractivity contribution in [1.82, 2.24) is 0 Å². The van der Waals surface area contributed by atoms with Crippen LogP contribution in [0.25, 0.3) is 22.3 Å². The third kappa shape index (κ3) is 7.07. The molecule has 1 aromatic heterocycles. The van der Waals surface area contributed by atoms with E-state index in [9.17, 15) is 4.79 Å². The van der Waals surface area contributed by atoms with E-state index >= 15 is 0 Å². The molecule has 3 rings (SSSR count). The largest absolute Gasteiger partial charge is 0.467 e. The van der Waals surface area contributed by atoms with Crippen LogP contribution in [0.4, 0.5) is 0 Å². The first-order valence-corrected chi connectivity index (χ1v) is 11.7. The van der Waals surface area contributed by atoms with Gasteiger partial charge >= 0.3 is 0 Å². The topological polar surface area (TPSA) is 67.1 Å². The van der Waals surface area contributed by atoms with Gasteiger partial charge in [-0.15, -0.1) is 0 Å². The van der Waals surface area contributed by atoms with Crippen molar-refractivity contribution in [1.29, 1.82) is 0 Å². The van der Waals surface area contributed by atoms with Crippen molar-refractivity contribution in [3.05, 3.63) is 81.5 Å². The second-order valence-corrected chi connectivity index (χ2v) is 8.57. The standard InChI is InChI=1S/C29H34O6/c1-20(2)10-9-11-21(3)14-15-23-26(33-18-31-4)17-27-28(29(23)34-19-32-5)24(30)16-25(35-27)22-12-7-6-8-13-22/h6-8,10,12-14,16-17H,9,11,15,18-19H2,1-5H3/b21-14-. The van der Waals surface area contributed by atoms with Crippen molar-refractivity contribution in [2.45, 2.75) is 40.0 Å². The SMILES string of the molecule is COCOc1cc2oc(-c3ccccc3)cc(=O)c2c(OCOC)c1C/C=C(/C)CCC=C(C)C. The normalized spacial score (nSPS) is 11.5. The molecule has 0 bridgehead atoms. The minimum absolute atomic E-state index is 0.0149. The molecular weight excluding hydrogens is 444 g/mol. The molecule has 0 radical (unpaired) electrons. The van der Waals surface area contributed by atoms with E-state index in [0.717, 1.165) is 24.0 Å². The molecule has 1 heterocycles. The van der Waals surface area contributed by atoms with Crippen molar-refractivity contribution in [3.63, 3.8) is 0 Å². The zero-order valence-corrected chi connectivity index (χ0v) is 21.2. The number of methoxy groups -OCH3 is 2. The van der Waals surface area contributed by atoms with Gasteiger partial charge in [-0.3, -0.25) is 4.79 Å². The molecule has 0 amide bonds. The lowest BCUT2D eigenvalue weighted by molar-refractivity contribution is 0.0455. The molecule has 3 aromatic rings. The summed E-state index contributed by atoms with van der Waals surface area (Å²) in [4.78, 5) is 13.3. The Morgan fingerprint density at radius 2 is 1.66 bits per heavy atom. The van der Waals surface area contributed by atoms with Gasteiger partial charge in [-0.05, 0) is 40.0 Å². The Morgan fingerprint density at radius 1 is 0.943 bits per heavy atom. The van der Waals surface area contributed by atoms with Crippen LogP contribution in [-0.2, 0) is 15.9 Å². The van der Waals surface area contributed by atoms with Crippen LogP contribution in [0.15, 0.2) is 75.0 Å². The lowest BCUT2D eigenvalue weighted by atomic mass is 10.0. The summed E-state index contributed by atoms with van der Waals surface area (Å²) in [5, 5.41) is 0.358. The highest BCUT2D eigenvalue weighted by Gasteiger charge is 2.21. The minimum Gasteiger partial charge on any atom is -0.467 e. The van der Waals surface area contributed by atoms with E-state index in [1.165, 1.54) is 24.3 Å². The summed E-state index contributed by atoms with van der Waals surface area (Å²) in [6.07, 6.45) is 6.81. The van der Waals surface area contributed by atoms with Crippen LogP contribution < -0.4 is 14.9 Å². The molecule has 6 heteroatoms. The average molecular weight is 479 g/mol. The molecule has 6 nitrogen and oxygen atoms in total. The molecule has 186 valence electrons. The number of hydrogen-bond donors (Lipinski definition) is 0. The molecule has 0 aliphatic carbocycles. The van der Waals surface area contributed by atoms with Crippen LogP contribution in [-0.4, -0.2) is 27.8 Å². The Balaban J connectivity index is 2.13. The van der Waals surface area contributed by atoms with E-state index in [1.807, 2.05) is 30.3 Å². The van der Waals surface area contributed by atoms with Gasteiger partial charge in [-0.25, -0.2) is 0 Å². The third-order valence-corrected chi connectivity index (χ3v) is 5.49. The fourth-order valence-corrected chi connectivity index (χ4v) is 3.74. The van der Waals surface area contributed by atoms with Gasteiger partial charge in [0, 0.05) is 37.5 Å². The summed E-state index contributed by atoms with van der Waals surface area (Å²) in [6.45, 7) is 6.34. The quantitative estimate of drug-likeness (QED) is 0.214. The molecule has 2 aromatic carbocycles. The van der Waals surface area contributed by atoms with Crippen molar-refractivity contribution >= 4 is 11.0 Å². The summed E-state index contributed by atoms with van der Waals surface area (Å²) >= 11 is 0. The van der Waals surface area contributed by atoms with E-state index < -0.39 is 0 Å². The highest BCUT2D eigenvalue weighted by molar-refractivity contribution is 5.88. The van der Waals surface area contributed by atoms with Crippen LogP contribution in [0.1, 0.15) is 39.2 Å². The number of rotatable bonds is 12. The number of hydrogen-bond acceptors (Lipinski definition) is 6. The molecule has 35 heavy (non-hydrogen) atoms. The molecule has 0 unspecified atom stereocenters. The second kappa shape index (κ2) is 12.9. The molecule has 0 aliphatic rings. The van der Waals surface area contributed by atoms with Gasteiger partial charge in [0.15, 0.2) is 19.0 Å². The van der Waals surface area contributed by atoms with Gasteiger partial charge in [0.05, 0.1) is 0 Å². The van der Waals surface area contributed by atoms with E-state index in [1.54, 1.807) is 13.2 Å². The maximum atomic E-state index is 13.3. The first-order chi connectivity index (χ1) is 16.9. The predicted molar refractivity (Wildman–Crippen MR) is 139 cm³/mol. The summed E-state index contributed by atoms with van der Waals surface area (Å²) in [5.41, 5.74) is 4.28. The lowest BCUT2D eigenvalue weighted by Crippen LogP contribution is -2.11. The smallest absolute Gasteiger partial charge is 0.197 e. The zero-order chi connectivity index (χ0) is 25.2. The van der Waals surface area contributed by atoms with Crippen molar-refractivity contribution in [2.24, 2.45) is 0 Å². The molecule has 0 spiro atoms. The van der Waals surface area contributed by atoms with Crippen LogP contribution in [0, 0.1) is 0 Å². The van der Waals surface area contributed by atoms with Crippen LogP contribution >= 0.6 is 0 Å². The van der Waals surface area contributed by atoms with Gasteiger partial charge < -0.3 is 23.4 Å². The molecular formula is C29H34O6. The van der Waals surface area contributed by atoms with Crippen LogP contribution in [0.5, 0.6) is 11.5 Å². The maximum Gasteiger partial charge on any atom is 0.197 e. The zero-order valence-electron chi connectivity index (χ0n) is 21.2. The predicted octanol–water partition coefficient (Wildman–Crippen LogP) is 6.66. The molecule has 0 fully saturated rings. The summed E-state index contributed by atoms with van der Waals surface area (Å²) in [5.74, 6) is 1.41. The molecule has 0 saturated carbocycles. The van der Waals surface area contributed by atoms with Crippen molar-refractivity contribution < 1.29 is 23.4 Å². The van der Waals surface area contributed by atoms with Gasteiger partial charge in [0.2, 0.25) is 0 Å². The third-order valence-electron chi connectivity index (χ3n) is 5.49. The fourth-order valence-electron chi connectivity index (χ4n) is 3.74. The fraction of sp³-hybridized carbons (Fsp3) is 0.345. The Kier molecular flexibility index (Phi) is 9.70. The van der Waals surface area contributed by atoms with Gasteiger partial charge in [0.1, 0.15) is 28.2 Å². The Hall–Kier alpha value is -3.35. The molecule has 0 N–H and O–H groups in total. The van der Waals surface area contributed by atoms with E-state index in [0.29, 0.717) is 34.6 Å². The summed E-state index contributed by atoms with van der Waals surface area (Å²) < 4.78 is 28.3. The maximum absolute atomic E-state index is 13.3. The van der Waals surface area contributed by atoms with Gasteiger partial charge in [-0.1, -0.05) is 53.6 Å². The van der Waals surface area contributed by atoms with Crippen molar-refractivity contribution in [3.8, 4) is 22.8 Å². The van der Waals surface area contributed by atoms with E-state index in [2.05, 4.69) is 32.9 Å². The average Bonchev–Trinajstić information content (AvgIpc) is 2.85. The first kappa shape index (κ1) is 26.3. The number of allylic oxidation sites excluding steroid dienone is 4. The Labute approximate surface area is 206 Å². The highest BCUT2D eigenvalue weighted by atomic mass is 16.7. The van der Waals surface area contributed by atoms with Crippen LogP contribution in [0.2, 0.25) is 0 Å². The highest BCUT2D eigenvalue weighted by Crippen LogP contribution is 2.38. The second-order valence-electron chi connectivity index (χ2n) is 8.57. The number of benzene rings is 2. The number of fused-ring (bicyclic) bond motifs is 1. The lowest BCUT2D eigenvalue weighted by Gasteiger charge is -2.17. The number of ether oxygens (including phenoxy) is 4. The van der Waals surface area contributed by atoms with Gasteiger partial charge in [-0.2, -0.15) is 0 Å². The Bertz CT molecular complexity index is 1230.